The maximum Gasteiger partial charge on any atom is 0.348 e. The standard InChI is InChI=1S/C16H11FN2O5S/c1-9-12(18-24-15(9)10-2-4-11(17)5-3-10)8-23-16(20)13-6-7-14(25-13)19(21)22/h2-7H,8H2,1H3. The molecule has 1 aromatic carbocycles. The molecule has 0 aliphatic heterocycles. The third-order valence-electron chi connectivity index (χ3n) is 3.44. The Morgan fingerprint density at radius 3 is 2.68 bits per heavy atom. The monoisotopic (exact) mass is 362 g/mol. The van der Waals surface area contributed by atoms with Gasteiger partial charge in [0.2, 0.25) is 0 Å². The van der Waals surface area contributed by atoms with E-state index in [1.54, 1.807) is 19.1 Å². The van der Waals surface area contributed by atoms with Crippen LogP contribution in [0.3, 0.4) is 0 Å². The SMILES string of the molecule is Cc1c(COC(=O)c2ccc([N+](=O)[O-])s2)noc1-c1ccc(F)cc1. The van der Waals surface area contributed by atoms with Crippen molar-refractivity contribution in [2.75, 3.05) is 0 Å². The number of aromatic nitrogens is 1. The van der Waals surface area contributed by atoms with Crippen LogP contribution < -0.4 is 0 Å². The van der Waals surface area contributed by atoms with Gasteiger partial charge in [0.05, 0.1) is 4.92 Å². The third-order valence-corrected chi connectivity index (χ3v) is 4.46. The van der Waals surface area contributed by atoms with E-state index >= 15 is 0 Å². The Morgan fingerprint density at radius 1 is 1.32 bits per heavy atom. The van der Waals surface area contributed by atoms with Crippen molar-refractivity contribution in [3.8, 4) is 11.3 Å². The van der Waals surface area contributed by atoms with Crippen LogP contribution in [-0.4, -0.2) is 16.0 Å². The molecule has 2 heterocycles. The fourth-order valence-corrected chi connectivity index (χ4v) is 2.83. The van der Waals surface area contributed by atoms with Gasteiger partial charge in [-0.15, -0.1) is 0 Å². The summed E-state index contributed by atoms with van der Waals surface area (Å²) in [5, 5.41) is 14.4. The van der Waals surface area contributed by atoms with Crippen molar-refractivity contribution < 1.29 is 23.4 Å². The zero-order valence-electron chi connectivity index (χ0n) is 12.9. The first-order chi connectivity index (χ1) is 12.0. The molecule has 0 fully saturated rings. The largest absolute Gasteiger partial charge is 0.455 e. The Kier molecular flexibility index (Phi) is 4.57. The first kappa shape index (κ1) is 16.8. The number of carbonyl (C=O) groups excluding carboxylic acids is 1. The van der Waals surface area contributed by atoms with Crippen molar-refractivity contribution in [3.05, 3.63) is 68.5 Å². The average molecular weight is 362 g/mol. The lowest BCUT2D eigenvalue weighted by atomic mass is 10.1. The molecule has 2 aromatic heterocycles. The maximum absolute atomic E-state index is 13.0. The second-order valence-electron chi connectivity index (χ2n) is 5.06. The van der Waals surface area contributed by atoms with Gasteiger partial charge in [-0.2, -0.15) is 0 Å². The van der Waals surface area contributed by atoms with Crippen LogP contribution in [0.2, 0.25) is 0 Å². The number of ether oxygens (including phenoxy) is 1. The Labute approximate surface area is 144 Å². The summed E-state index contributed by atoms with van der Waals surface area (Å²) in [5.74, 6) is -0.582. The van der Waals surface area contributed by atoms with Gasteiger partial charge >= 0.3 is 11.0 Å². The highest BCUT2D eigenvalue weighted by atomic mass is 32.1. The minimum absolute atomic E-state index is 0.131. The number of esters is 1. The number of halogens is 1. The fraction of sp³-hybridized carbons (Fsp3) is 0.125. The van der Waals surface area contributed by atoms with Crippen LogP contribution in [-0.2, 0) is 11.3 Å². The number of nitro groups is 1. The Hall–Kier alpha value is -3.07. The summed E-state index contributed by atoms with van der Waals surface area (Å²) < 4.78 is 23.4. The van der Waals surface area contributed by atoms with Gasteiger partial charge in [-0.1, -0.05) is 16.5 Å². The third kappa shape index (κ3) is 3.56. The zero-order valence-corrected chi connectivity index (χ0v) is 13.7. The van der Waals surface area contributed by atoms with Gasteiger partial charge in [0.1, 0.15) is 23.0 Å². The second-order valence-corrected chi connectivity index (χ2v) is 6.12. The summed E-state index contributed by atoms with van der Waals surface area (Å²) in [6.07, 6.45) is 0. The van der Waals surface area contributed by atoms with Crippen LogP contribution in [0.15, 0.2) is 40.9 Å². The number of hydrogen-bond donors (Lipinski definition) is 0. The molecule has 0 amide bonds. The minimum atomic E-state index is -0.677. The lowest BCUT2D eigenvalue weighted by molar-refractivity contribution is -0.380. The van der Waals surface area contributed by atoms with Crippen LogP contribution in [0.5, 0.6) is 0 Å². The maximum atomic E-state index is 13.0. The lowest BCUT2D eigenvalue weighted by Crippen LogP contribution is -2.04. The molecule has 0 aliphatic rings. The number of nitrogens with zero attached hydrogens (tertiary/aromatic N) is 2. The lowest BCUT2D eigenvalue weighted by Gasteiger charge is -2.01. The highest BCUT2D eigenvalue weighted by molar-refractivity contribution is 7.17. The molecule has 0 N–H and O–H groups in total. The molecule has 0 bridgehead atoms. The molecule has 7 nitrogen and oxygen atoms in total. The highest BCUT2D eigenvalue weighted by Gasteiger charge is 2.19. The molecule has 0 atom stereocenters. The summed E-state index contributed by atoms with van der Waals surface area (Å²) in [4.78, 5) is 22.1. The highest BCUT2D eigenvalue weighted by Crippen LogP contribution is 2.27. The molecule has 9 heteroatoms. The van der Waals surface area contributed by atoms with Crippen molar-refractivity contribution >= 4 is 22.3 Å². The fourth-order valence-electron chi connectivity index (χ4n) is 2.11. The van der Waals surface area contributed by atoms with Gasteiger partial charge in [-0.05, 0) is 37.3 Å². The molecule has 0 spiro atoms. The second kappa shape index (κ2) is 6.81. The molecule has 0 unspecified atom stereocenters. The predicted octanol–water partition coefficient (Wildman–Crippen LogP) is 4.12. The van der Waals surface area contributed by atoms with E-state index in [9.17, 15) is 19.3 Å². The van der Waals surface area contributed by atoms with Gasteiger partial charge in [-0.25, -0.2) is 9.18 Å². The Bertz CT molecular complexity index is 932. The number of thiophene rings is 1. The zero-order chi connectivity index (χ0) is 18.0. The molecule has 25 heavy (non-hydrogen) atoms. The van der Waals surface area contributed by atoms with E-state index in [4.69, 9.17) is 9.26 Å². The topological polar surface area (TPSA) is 95.5 Å². The van der Waals surface area contributed by atoms with Crippen molar-refractivity contribution in [2.45, 2.75) is 13.5 Å². The van der Waals surface area contributed by atoms with E-state index in [-0.39, 0.29) is 22.3 Å². The molecule has 3 rings (SSSR count). The Morgan fingerprint density at radius 2 is 2.04 bits per heavy atom. The van der Waals surface area contributed by atoms with Gasteiger partial charge in [0.15, 0.2) is 5.76 Å². The molecule has 3 aromatic rings. The molecule has 0 saturated heterocycles. The van der Waals surface area contributed by atoms with Gasteiger partial charge < -0.3 is 9.26 Å². The van der Waals surface area contributed by atoms with Crippen LogP contribution in [0.25, 0.3) is 11.3 Å². The van der Waals surface area contributed by atoms with Crippen molar-refractivity contribution in [1.82, 2.24) is 5.16 Å². The smallest absolute Gasteiger partial charge is 0.348 e. The Balaban J connectivity index is 1.70. The number of rotatable bonds is 5. The minimum Gasteiger partial charge on any atom is -0.455 e. The number of carbonyl (C=O) groups is 1. The van der Waals surface area contributed by atoms with E-state index in [0.717, 1.165) is 11.3 Å². The van der Waals surface area contributed by atoms with E-state index in [1.165, 1.54) is 24.3 Å². The van der Waals surface area contributed by atoms with Crippen molar-refractivity contribution in [2.24, 2.45) is 0 Å². The van der Waals surface area contributed by atoms with Crippen molar-refractivity contribution in [3.63, 3.8) is 0 Å². The summed E-state index contributed by atoms with van der Waals surface area (Å²) >= 11 is 0.739. The summed E-state index contributed by atoms with van der Waals surface area (Å²) in [6, 6.07) is 8.31. The first-order valence-electron chi connectivity index (χ1n) is 7.08. The summed E-state index contributed by atoms with van der Waals surface area (Å²) in [6.45, 7) is 1.61. The van der Waals surface area contributed by atoms with Crippen LogP contribution in [0.4, 0.5) is 9.39 Å². The average Bonchev–Trinajstić information content (AvgIpc) is 3.21. The van der Waals surface area contributed by atoms with E-state index in [2.05, 4.69) is 5.16 Å². The van der Waals surface area contributed by atoms with Gasteiger partial charge in [-0.3, -0.25) is 10.1 Å². The quantitative estimate of drug-likeness (QED) is 0.385. The molecular formula is C16H11FN2O5S. The predicted molar refractivity (Wildman–Crippen MR) is 86.7 cm³/mol. The van der Waals surface area contributed by atoms with E-state index in [1.807, 2.05) is 0 Å². The molecule has 0 radical (unpaired) electrons. The summed E-state index contributed by atoms with van der Waals surface area (Å²) in [5.41, 5.74) is 1.73. The van der Waals surface area contributed by atoms with Crippen molar-refractivity contribution in [1.29, 1.82) is 0 Å². The molecule has 128 valence electrons. The molecular weight excluding hydrogens is 351 g/mol. The van der Waals surface area contributed by atoms with Crippen LogP contribution in [0.1, 0.15) is 20.9 Å². The number of hydrogen-bond acceptors (Lipinski definition) is 7. The van der Waals surface area contributed by atoms with Crippen LogP contribution >= 0.6 is 11.3 Å². The van der Waals surface area contributed by atoms with E-state index < -0.39 is 10.9 Å². The molecule has 0 saturated carbocycles. The first-order valence-corrected chi connectivity index (χ1v) is 7.90. The van der Waals surface area contributed by atoms with Gasteiger partial charge in [0, 0.05) is 17.2 Å². The molecule has 0 aliphatic carbocycles. The summed E-state index contributed by atoms with van der Waals surface area (Å²) in [7, 11) is 0. The normalized spacial score (nSPS) is 10.6. The van der Waals surface area contributed by atoms with E-state index in [0.29, 0.717) is 22.6 Å². The van der Waals surface area contributed by atoms with Crippen LogP contribution in [0, 0.1) is 22.9 Å². The number of benzene rings is 1. The van der Waals surface area contributed by atoms with Gasteiger partial charge in [0.25, 0.3) is 0 Å².